The first kappa shape index (κ1) is 22.3. The highest BCUT2D eigenvalue weighted by Crippen LogP contribution is 2.48. The van der Waals surface area contributed by atoms with Gasteiger partial charge in [0.1, 0.15) is 0 Å². The molecule has 4 rings (SSSR count). The first-order valence-electron chi connectivity index (χ1n) is 11.9. The molecular weight excluding hydrogens is 394 g/mol. The molecule has 1 saturated carbocycles. The van der Waals surface area contributed by atoms with Crippen molar-refractivity contribution in [2.75, 3.05) is 39.4 Å². The number of ether oxygens (including phenoxy) is 1. The molecular formula is C23H37N5O3. The molecule has 0 radical (unpaired) electrons. The number of amides is 2. The number of carbonyl (C=O) groups excluding carboxylic acids is 2. The molecule has 0 spiro atoms. The lowest BCUT2D eigenvalue weighted by Crippen LogP contribution is -2.61. The Morgan fingerprint density at radius 2 is 2.03 bits per heavy atom. The Hall–Kier alpha value is -1.93. The lowest BCUT2D eigenvalue weighted by Gasteiger charge is -2.53. The fourth-order valence-corrected chi connectivity index (χ4v) is 5.84. The molecule has 0 bridgehead atoms. The molecule has 3 heterocycles. The Kier molecular flexibility index (Phi) is 6.96. The van der Waals surface area contributed by atoms with Gasteiger partial charge in [-0.2, -0.15) is 0 Å². The van der Waals surface area contributed by atoms with Gasteiger partial charge in [0.05, 0.1) is 37.2 Å². The second-order valence-corrected chi connectivity index (χ2v) is 9.24. The van der Waals surface area contributed by atoms with Crippen LogP contribution < -0.4 is 5.32 Å². The van der Waals surface area contributed by atoms with Gasteiger partial charge in [-0.3, -0.25) is 14.5 Å². The summed E-state index contributed by atoms with van der Waals surface area (Å²) in [5, 5.41) is 3.22. The molecule has 8 heteroatoms. The van der Waals surface area contributed by atoms with E-state index in [0.29, 0.717) is 31.5 Å². The summed E-state index contributed by atoms with van der Waals surface area (Å²) < 4.78 is 7.59. The molecule has 172 valence electrons. The maximum Gasteiger partial charge on any atom is 0.228 e. The minimum atomic E-state index is -0.483. The summed E-state index contributed by atoms with van der Waals surface area (Å²) in [6.07, 6.45) is 7.91. The largest absolute Gasteiger partial charge is 0.379 e. The van der Waals surface area contributed by atoms with Crippen LogP contribution in [0.25, 0.3) is 0 Å². The van der Waals surface area contributed by atoms with Crippen molar-refractivity contribution >= 4 is 11.8 Å². The van der Waals surface area contributed by atoms with E-state index in [2.05, 4.69) is 26.7 Å². The third-order valence-electron chi connectivity index (χ3n) is 7.72. The van der Waals surface area contributed by atoms with E-state index in [1.807, 2.05) is 18.0 Å². The quantitative estimate of drug-likeness (QED) is 0.741. The zero-order valence-corrected chi connectivity index (χ0v) is 19.0. The number of aryl methyl sites for hydroxylation is 1. The number of aromatic nitrogens is 2. The number of morpholine rings is 1. The van der Waals surface area contributed by atoms with E-state index in [0.717, 1.165) is 70.8 Å². The van der Waals surface area contributed by atoms with Crippen molar-refractivity contribution in [3.05, 3.63) is 18.2 Å². The van der Waals surface area contributed by atoms with Gasteiger partial charge >= 0.3 is 0 Å². The minimum absolute atomic E-state index is 0.107. The average molecular weight is 432 g/mol. The number of nitrogens with one attached hydrogen (secondary N) is 1. The smallest absolute Gasteiger partial charge is 0.228 e. The maximum absolute atomic E-state index is 13.7. The van der Waals surface area contributed by atoms with Crippen LogP contribution in [0.5, 0.6) is 0 Å². The summed E-state index contributed by atoms with van der Waals surface area (Å²) in [6, 6.07) is 0.518. The Balaban J connectivity index is 1.50. The number of imidazole rings is 1. The second kappa shape index (κ2) is 9.69. The lowest BCUT2D eigenvalue weighted by molar-refractivity contribution is -0.151. The van der Waals surface area contributed by atoms with Crippen molar-refractivity contribution in [1.29, 1.82) is 0 Å². The summed E-state index contributed by atoms with van der Waals surface area (Å²) in [6.45, 7) is 10.2. The van der Waals surface area contributed by atoms with Crippen molar-refractivity contribution < 1.29 is 14.3 Å². The zero-order valence-electron chi connectivity index (χ0n) is 19.0. The highest BCUT2D eigenvalue weighted by atomic mass is 16.5. The third-order valence-corrected chi connectivity index (χ3v) is 7.72. The maximum atomic E-state index is 13.7. The van der Waals surface area contributed by atoms with Crippen molar-refractivity contribution in [1.82, 2.24) is 24.7 Å². The standard InChI is InChI=1S/C23H37N5O3/c1-3-21(29)28-8-6-18-13-19(27-9-11-31-12-10-27)5-7-23(18,16-28)22(30)25-15-20-14-24-17-26(20)4-2/h14,17-19H,3-13,15-16H2,1-2H3,(H,25,30)/t18-,19-,23-/m1/s1. The average Bonchev–Trinajstić information content (AvgIpc) is 3.29. The van der Waals surface area contributed by atoms with Gasteiger partial charge in [0.15, 0.2) is 0 Å². The summed E-state index contributed by atoms with van der Waals surface area (Å²) in [4.78, 5) is 34.9. The molecule has 8 nitrogen and oxygen atoms in total. The fourth-order valence-electron chi connectivity index (χ4n) is 5.84. The van der Waals surface area contributed by atoms with Crippen LogP contribution in [0.15, 0.2) is 12.5 Å². The van der Waals surface area contributed by atoms with Crippen molar-refractivity contribution in [2.24, 2.45) is 11.3 Å². The van der Waals surface area contributed by atoms with Crippen LogP contribution in [0.2, 0.25) is 0 Å². The van der Waals surface area contributed by atoms with Crippen LogP contribution >= 0.6 is 0 Å². The van der Waals surface area contributed by atoms with Gasteiger partial charge in [-0.05, 0) is 38.5 Å². The summed E-state index contributed by atoms with van der Waals surface area (Å²) in [5.74, 6) is 0.575. The molecule has 0 unspecified atom stereocenters. The van der Waals surface area contributed by atoms with Gasteiger partial charge in [-0.1, -0.05) is 6.92 Å². The summed E-state index contributed by atoms with van der Waals surface area (Å²) >= 11 is 0. The van der Waals surface area contributed by atoms with E-state index in [4.69, 9.17) is 4.74 Å². The Morgan fingerprint density at radius 1 is 1.23 bits per heavy atom. The molecule has 2 aliphatic heterocycles. The topological polar surface area (TPSA) is 79.7 Å². The van der Waals surface area contributed by atoms with Crippen LogP contribution in [0, 0.1) is 11.3 Å². The molecule has 1 aromatic rings. The predicted molar refractivity (Wildman–Crippen MR) is 117 cm³/mol. The number of nitrogens with zero attached hydrogens (tertiary/aromatic N) is 4. The van der Waals surface area contributed by atoms with E-state index >= 15 is 0 Å². The molecule has 2 saturated heterocycles. The molecule has 3 aliphatic rings. The molecule has 2 amide bonds. The second-order valence-electron chi connectivity index (χ2n) is 9.24. The number of rotatable bonds is 6. The van der Waals surface area contributed by atoms with Crippen LogP contribution in [-0.4, -0.2) is 76.6 Å². The summed E-state index contributed by atoms with van der Waals surface area (Å²) in [7, 11) is 0. The molecule has 0 aromatic carbocycles. The van der Waals surface area contributed by atoms with E-state index in [9.17, 15) is 9.59 Å². The Bertz CT molecular complexity index is 775. The Labute approximate surface area is 185 Å². The SMILES string of the molecule is CCC(=O)N1CC[C@@H]2C[C@H](N3CCOCC3)CC[C@@]2(C(=O)NCc2cncn2CC)C1. The third kappa shape index (κ3) is 4.51. The van der Waals surface area contributed by atoms with Crippen LogP contribution in [0.3, 0.4) is 0 Å². The Morgan fingerprint density at radius 3 is 2.77 bits per heavy atom. The van der Waals surface area contributed by atoms with Gasteiger partial charge in [-0.15, -0.1) is 0 Å². The minimum Gasteiger partial charge on any atom is -0.379 e. The monoisotopic (exact) mass is 431 g/mol. The predicted octanol–water partition coefficient (Wildman–Crippen LogP) is 1.65. The van der Waals surface area contributed by atoms with E-state index in [-0.39, 0.29) is 11.8 Å². The van der Waals surface area contributed by atoms with Gasteiger partial charge < -0.3 is 19.5 Å². The first-order valence-corrected chi connectivity index (χ1v) is 11.9. The molecule has 3 fully saturated rings. The number of fused-ring (bicyclic) bond motifs is 1. The van der Waals surface area contributed by atoms with Gasteiger partial charge in [-0.25, -0.2) is 4.98 Å². The van der Waals surface area contributed by atoms with Crippen LogP contribution in [-0.2, 0) is 27.4 Å². The van der Waals surface area contributed by atoms with Gasteiger partial charge in [0, 0.05) is 51.4 Å². The molecule has 1 N–H and O–H groups in total. The number of carbonyl (C=O) groups is 2. The molecule has 31 heavy (non-hydrogen) atoms. The number of hydrogen-bond donors (Lipinski definition) is 1. The van der Waals surface area contributed by atoms with E-state index < -0.39 is 5.41 Å². The van der Waals surface area contributed by atoms with E-state index in [1.54, 1.807) is 6.33 Å². The van der Waals surface area contributed by atoms with Gasteiger partial charge in [0.25, 0.3) is 0 Å². The molecule has 3 atom stereocenters. The summed E-state index contributed by atoms with van der Waals surface area (Å²) in [5.41, 5.74) is 0.534. The normalized spacial score (nSPS) is 29.4. The zero-order chi connectivity index (χ0) is 21.8. The van der Waals surface area contributed by atoms with Crippen molar-refractivity contribution in [3.63, 3.8) is 0 Å². The number of likely N-dealkylation sites (tertiary alicyclic amines) is 1. The highest BCUT2D eigenvalue weighted by molar-refractivity contribution is 5.85. The number of piperidine rings is 1. The van der Waals surface area contributed by atoms with Crippen LogP contribution in [0.1, 0.15) is 51.6 Å². The number of hydrogen-bond acceptors (Lipinski definition) is 5. The lowest BCUT2D eigenvalue weighted by atomic mass is 9.60. The highest BCUT2D eigenvalue weighted by Gasteiger charge is 2.53. The van der Waals surface area contributed by atoms with E-state index in [1.165, 1.54) is 0 Å². The van der Waals surface area contributed by atoms with Crippen molar-refractivity contribution in [3.8, 4) is 0 Å². The fraction of sp³-hybridized carbons (Fsp3) is 0.783. The first-order chi connectivity index (χ1) is 15.1. The van der Waals surface area contributed by atoms with Crippen molar-refractivity contribution in [2.45, 2.75) is 65.1 Å². The van der Waals surface area contributed by atoms with Gasteiger partial charge in [0.2, 0.25) is 11.8 Å². The molecule has 1 aromatic heterocycles. The van der Waals surface area contributed by atoms with Crippen LogP contribution in [0.4, 0.5) is 0 Å². The molecule has 1 aliphatic carbocycles.